The van der Waals surface area contributed by atoms with Crippen molar-refractivity contribution in [2.75, 3.05) is 5.32 Å². The van der Waals surface area contributed by atoms with E-state index in [1.807, 2.05) is 0 Å². The molecule has 0 saturated carbocycles. The van der Waals surface area contributed by atoms with Crippen molar-refractivity contribution >= 4 is 5.82 Å². The third-order valence-corrected chi connectivity index (χ3v) is 2.49. The quantitative estimate of drug-likeness (QED) is 0.887. The highest BCUT2D eigenvalue weighted by atomic mass is 19.4. The summed E-state index contributed by atoms with van der Waals surface area (Å²) in [5, 5.41) is 9.09. The molecular formula is C11H11F3N4. The highest BCUT2D eigenvalue weighted by Gasteiger charge is 2.34. The van der Waals surface area contributed by atoms with Crippen LogP contribution >= 0.6 is 0 Å². The van der Waals surface area contributed by atoms with E-state index in [-0.39, 0.29) is 11.9 Å². The van der Waals surface area contributed by atoms with Crippen LogP contribution in [0.2, 0.25) is 0 Å². The standard InChI is InChI=1S/C11H11F3N4/c1-7(8-5-16-17-6-8)18-10-9(11(12,13)14)3-2-4-15-10/h2-7H,1H3,(H,15,18)(H,16,17). The first kappa shape index (κ1) is 12.4. The van der Waals surface area contributed by atoms with E-state index in [1.54, 1.807) is 19.3 Å². The number of H-pyrrole nitrogens is 1. The molecule has 0 aliphatic rings. The Hall–Kier alpha value is -2.05. The number of rotatable bonds is 3. The van der Waals surface area contributed by atoms with E-state index >= 15 is 0 Å². The predicted octanol–water partition coefficient (Wildman–Crippen LogP) is 3.00. The zero-order valence-electron chi connectivity index (χ0n) is 9.49. The summed E-state index contributed by atoms with van der Waals surface area (Å²) in [5.41, 5.74) is -0.0193. The Kier molecular flexibility index (Phi) is 3.22. The zero-order chi connectivity index (χ0) is 13.2. The monoisotopic (exact) mass is 256 g/mol. The van der Waals surface area contributed by atoms with E-state index in [0.29, 0.717) is 0 Å². The Morgan fingerprint density at radius 3 is 2.78 bits per heavy atom. The highest BCUT2D eigenvalue weighted by Crippen LogP contribution is 2.34. The number of aromatic nitrogens is 3. The minimum Gasteiger partial charge on any atom is -0.363 e. The lowest BCUT2D eigenvalue weighted by Crippen LogP contribution is -2.14. The highest BCUT2D eigenvalue weighted by molar-refractivity contribution is 5.47. The van der Waals surface area contributed by atoms with Crippen LogP contribution in [0, 0.1) is 0 Å². The largest absolute Gasteiger partial charge is 0.419 e. The topological polar surface area (TPSA) is 53.6 Å². The van der Waals surface area contributed by atoms with Crippen molar-refractivity contribution in [2.45, 2.75) is 19.1 Å². The van der Waals surface area contributed by atoms with Gasteiger partial charge in [-0.3, -0.25) is 5.10 Å². The second-order valence-electron chi connectivity index (χ2n) is 3.79. The number of hydrogen-bond donors (Lipinski definition) is 2. The zero-order valence-corrected chi connectivity index (χ0v) is 9.49. The Morgan fingerprint density at radius 1 is 1.39 bits per heavy atom. The normalized spacial score (nSPS) is 13.3. The van der Waals surface area contributed by atoms with Crippen LogP contribution < -0.4 is 5.32 Å². The maximum atomic E-state index is 12.7. The van der Waals surface area contributed by atoms with Gasteiger partial charge >= 0.3 is 6.18 Å². The summed E-state index contributed by atoms with van der Waals surface area (Å²) in [7, 11) is 0. The van der Waals surface area contributed by atoms with Crippen LogP contribution in [-0.2, 0) is 6.18 Å². The van der Waals surface area contributed by atoms with Gasteiger partial charge in [-0.25, -0.2) is 4.98 Å². The molecule has 2 aromatic rings. The minimum atomic E-state index is -4.42. The van der Waals surface area contributed by atoms with Crippen molar-refractivity contribution in [3.05, 3.63) is 41.9 Å². The van der Waals surface area contributed by atoms with Crippen LogP contribution in [0.25, 0.3) is 0 Å². The average molecular weight is 256 g/mol. The first-order chi connectivity index (χ1) is 8.48. The Morgan fingerprint density at radius 2 is 2.17 bits per heavy atom. The smallest absolute Gasteiger partial charge is 0.363 e. The van der Waals surface area contributed by atoms with Crippen molar-refractivity contribution in [1.29, 1.82) is 0 Å². The fourth-order valence-electron chi connectivity index (χ4n) is 1.54. The summed E-state index contributed by atoms with van der Waals surface area (Å²) in [5.74, 6) is -0.182. The minimum absolute atomic E-state index is 0.182. The van der Waals surface area contributed by atoms with Crippen molar-refractivity contribution in [3.8, 4) is 0 Å². The van der Waals surface area contributed by atoms with Crippen molar-refractivity contribution in [3.63, 3.8) is 0 Å². The number of alkyl halides is 3. The Balaban J connectivity index is 2.24. The molecule has 0 aliphatic carbocycles. The van der Waals surface area contributed by atoms with E-state index in [1.165, 1.54) is 12.3 Å². The van der Waals surface area contributed by atoms with Gasteiger partial charge in [0, 0.05) is 18.0 Å². The molecule has 4 nitrogen and oxygen atoms in total. The first-order valence-electron chi connectivity index (χ1n) is 5.26. The molecule has 1 atom stereocenters. The molecule has 0 fully saturated rings. The lowest BCUT2D eigenvalue weighted by Gasteiger charge is -2.17. The van der Waals surface area contributed by atoms with Crippen molar-refractivity contribution in [2.24, 2.45) is 0 Å². The van der Waals surface area contributed by atoms with Crippen LogP contribution in [0.4, 0.5) is 19.0 Å². The fraction of sp³-hybridized carbons (Fsp3) is 0.273. The molecule has 0 radical (unpaired) electrons. The van der Waals surface area contributed by atoms with Crippen LogP contribution in [0.5, 0.6) is 0 Å². The third kappa shape index (κ3) is 2.61. The first-order valence-corrected chi connectivity index (χ1v) is 5.26. The summed E-state index contributed by atoms with van der Waals surface area (Å²) >= 11 is 0. The number of nitrogens with zero attached hydrogens (tertiary/aromatic N) is 2. The molecule has 18 heavy (non-hydrogen) atoms. The van der Waals surface area contributed by atoms with Gasteiger partial charge in [0.1, 0.15) is 5.82 Å². The van der Waals surface area contributed by atoms with Gasteiger partial charge in [-0.15, -0.1) is 0 Å². The van der Waals surface area contributed by atoms with Crippen molar-refractivity contribution < 1.29 is 13.2 Å². The van der Waals surface area contributed by atoms with Gasteiger partial charge in [0.25, 0.3) is 0 Å². The summed E-state index contributed by atoms with van der Waals surface area (Å²) < 4.78 is 38.2. The number of nitrogens with one attached hydrogen (secondary N) is 2. The second-order valence-corrected chi connectivity index (χ2v) is 3.79. The lowest BCUT2D eigenvalue weighted by molar-refractivity contribution is -0.137. The second kappa shape index (κ2) is 4.67. The molecule has 0 bridgehead atoms. The van der Waals surface area contributed by atoms with E-state index in [4.69, 9.17) is 0 Å². The fourth-order valence-corrected chi connectivity index (χ4v) is 1.54. The molecular weight excluding hydrogens is 245 g/mol. The molecule has 2 rings (SSSR count). The van der Waals surface area contributed by atoms with Gasteiger partial charge in [0.2, 0.25) is 0 Å². The molecule has 0 spiro atoms. The van der Waals surface area contributed by atoms with Crippen molar-refractivity contribution in [1.82, 2.24) is 15.2 Å². The van der Waals surface area contributed by atoms with Gasteiger partial charge in [0.15, 0.2) is 0 Å². The lowest BCUT2D eigenvalue weighted by atomic mass is 10.1. The number of halogens is 3. The maximum Gasteiger partial charge on any atom is 0.419 e. The van der Waals surface area contributed by atoms with Gasteiger partial charge in [-0.2, -0.15) is 18.3 Å². The SMILES string of the molecule is CC(Nc1ncccc1C(F)(F)F)c1cn[nH]c1. The molecule has 1 unspecified atom stereocenters. The molecule has 0 aliphatic heterocycles. The summed E-state index contributed by atoms with van der Waals surface area (Å²) in [6.07, 6.45) is 0.0636. The van der Waals surface area contributed by atoms with E-state index < -0.39 is 11.7 Å². The number of hydrogen-bond acceptors (Lipinski definition) is 3. The van der Waals surface area contributed by atoms with Gasteiger partial charge in [-0.1, -0.05) is 0 Å². The molecule has 0 saturated heterocycles. The van der Waals surface area contributed by atoms with Gasteiger partial charge in [0.05, 0.1) is 17.8 Å². The number of aromatic amines is 1. The molecule has 7 heteroatoms. The molecule has 0 aromatic carbocycles. The molecule has 2 N–H and O–H groups in total. The van der Waals surface area contributed by atoms with Gasteiger partial charge < -0.3 is 5.32 Å². The van der Waals surface area contributed by atoms with E-state index in [9.17, 15) is 13.2 Å². The van der Waals surface area contributed by atoms with E-state index in [2.05, 4.69) is 20.5 Å². The Labute approximate surface area is 101 Å². The molecule has 96 valence electrons. The summed E-state index contributed by atoms with van der Waals surface area (Å²) in [6, 6.07) is 1.94. The van der Waals surface area contributed by atoms with Crippen LogP contribution in [0.15, 0.2) is 30.7 Å². The molecule has 2 aromatic heterocycles. The average Bonchev–Trinajstić information content (AvgIpc) is 2.81. The number of anilines is 1. The third-order valence-electron chi connectivity index (χ3n) is 2.49. The summed E-state index contributed by atoms with van der Waals surface area (Å²) in [6.45, 7) is 1.74. The molecule has 2 heterocycles. The van der Waals surface area contributed by atoms with Gasteiger partial charge in [-0.05, 0) is 19.1 Å². The Bertz CT molecular complexity index is 507. The summed E-state index contributed by atoms with van der Waals surface area (Å²) in [4.78, 5) is 3.73. The maximum absolute atomic E-state index is 12.7. The predicted molar refractivity (Wildman–Crippen MR) is 59.9 cm³/mol. The molecule has 0 amide bonds. The van der Waals surface area contributed by atoms with Crippen LogP contribution in [0.3, 0.4) is 0 Å². The van der Waals surface area contributed by atoms with Crippen LogP contribution in [0.1, 0.15) is 24.1 Å². The van der Waals surface area contributed by atoms with Crippen LogP contribution in [-0.4, -0.2) is 15.2 Å². The van der Waals surface area contributed by atoms with E-state index in [0.717, 1.165) is 11.6 Å². The number of pyridine rings is 1.